The summed E-state index contributed by atoms with van der Waals surface area (Å²) < 4.78 is 11.3. The lowest BCUT2D eigenvalue weighted by Crippen LogP contribution is -2.39. The largest absolute Gasteiger partial charge is 0.376 e. The molecule has 0 aliphatic carbocycles. The van der Waals surface area contributed by atoms with E-state index in [-0.39, 0.29) is 18.6 Å². The van der Waals surface area contributed by atoms with E-state index >= 15 is 0 Å². The fourth-order valence-corrected chi connectivity index (χ4v) is 3.86. The molecule has 0 saturated carbocycles. The van der Waals surface area contributed by atoms with Crippen LogP contribution in [0.1, 0.15) is 29.1 Å². The number of amides is 1. The number of aromatic nitrogens is 1. The van der Waals surface area contributed by atoms with E-state index in [0.29, 0.717) is 24.7 Å². The number of hydrogen-bond acceptors (Lipinski definition) is 5. The lowest BCUT2D eigenvalue weighted by molar-refractivity contribution is -0.138. The molecule has 1 aromatic carbocycles. The standard InChI is InChI=1S/C19H23ClN2O3S/c1-14-13-26-18(21-14)10-22(9-16-6-4-8-25-16)19(23)12-24-11-15-5-2-3-7-17(15)20/h2-3,5,7,13,16H,4,6,8-12H2,1H3. The third kappa shape index (κ3) is 5.51. The van der Waals surface area contributed by atoms with Crippen LogP contribution in [0.15, 0.2) is 29.6 Å². The third-order valence-corrected chi connectivity index (χ3v) is 5.55. The monoisotopic (exact) mass is 394 g/mol. The first-order valence-corrected chi connectivity index (χ1v) is 9.99. The second-order valence-corrected chi connectivity index (χ2v) is 7.73. The number of rotatable bonds is 8. The van der Waals surface area contributed by atoms with E-state index in [4.69, 9.17) is 21.1 Å². The fourth-order valence-electron chi connectivity index (χ4n) is 2.88. The minimum absolute atomic E-state index is 0.0162. The maximum absolute atomic E-state index is 12.7. The van der Waals surface area contributed by atoms with Crippen LogP contribution < -0.4 is 0 Å². The molecule has 1 saturated heterocycles. The molecule has 7 heteroatoms. The van der Waals surface area contributed by atoms with Crippen molar-refractivity contribution in [1.29, 1.82) is 0 Å². The van der Waals surface area contributed by atoms with Crippen molar-refractivity contribution in [3.05, 3.63) is 50.9 Å². The molecule has 0 N–H and O–H groups in total. The van der Waals surface area contributed by atoms with E-state index < -0.39 is 0 Å². The molecule has 2 aromatic rings. The zero-order valence-corrected chi connectivity index (χ0v) is 16.4. The Morgan fingerprint density at radius 1 is 1.46 bits per heavy atom. The molecule has 5 nitrogen and oxygen atoms in total. The molecule has 3 rings (SSSR count). The SMILES string of the molecule is Cc1csc(CN(CC2CCCO2)C(=O)COCc2ccccc2Cl)n1. The Kier molecular flexibility index (Phi) is 7.02. The number of halogens is 1. The van der Waals surface area contributed by atoms with Gasteiger partial charge in [-0.3, -0.25) is 4.79 Å². The molecule has 1 atom stereocenters. The van der Waals surface area contributed by atoms with Gasteiger partial charge in [0.1, 0.15) is 11.6 Å². The van der Waals surface area contributed by atoms with Gasteiger partial charge in [-0.2, -0.15) is 0 Å². The summed E-state index contributed by atoms with van der Waals surface area (Å²) in [5, 5.41) is 3.58. The van der Waals surface area contributed by atoms with Gasteiger partial charge < -0.3 is 14.4 Å². The molecule has 1 unspecified atom stereocenters. The van der Waals surface area contributed by atoms with Gasteiger partial charge in [-0.1, -0.05) is 29.8 Å². The topological polar surface area (TPSA) is 51.7 Å². The highest BCUT2D eigenvalue weighted by Gasteiger charge is 2.23. The van der Waals surface area contributed by atoms with Crippen LogP contribution in [0.25, 0.3) is 0 Å². The molecule has 0 radical (unpaired) electrons. The van der Waals surface area contributed by atoms with E-state index in [1.54, 1.807) is 16.2 Å². The number of aryl methyl sites for hydroxylation is 1. The van der Waals surface area contributed by atoms with Gasteiger partial charge in [0.25, 0.3) is 0 Å². The first kappa shape index (κ1) is 19.3. The van der Waals surface area contributed by atoms with Gasteiger partial charge in [-0.05, 0) is 31.4 Å². The van der Waals surface area contributed by atoms with E-state index in [9.17, 15) is 4.79 Å². The van der Waals surface area contributed by atoms with Crippen molar-refractivity contribution < 1.29 is 14.3 Å². The lowest BCUT2D eigenvalue weighted by Gasteiger charge is -2.24. The van der Waals surface area contributed by atoms with Crippen LogP contribution in [-0.2, 0) is 27.4 Å². The van der Waals surface area contributed by atoms with Gasteiger partial charge in [0.2, 0.25) is 5.91 Å². The van der Waals surface area contributed by atoms with Crippen molar-refractivity contribution in [2.45, 2.75) is 39.0 Å². The van der Waals surface area contributed by atoms with Crippen LogP contribution in [0.2, 0.25) is 5.02 Å². The van der Waals surface area contributed by atoms with E-state index in [1.807, 2.05) is 36.6 Å². The molecule has 1 fully saturated rings. The summed E-state index contributed by atoms with van der Waals surface area (Å²) >= 11 is 7.70. The van der Waals surface area contributed by atoms with Crippen molar-refractivity contribution in [1.82, 2.24) is 9.88 Å². The number of thiazole rings is 1. The molecular formula is C19H23ClN2O3S. The van der Waals surface area contributed by atoms with Crippen molar-refractivity contribution in [2.75, 3.05) is 19.8 Å². The summed E-state index contributed by atoms with van der Waals surface area (Å²) in [7, 11) is 0. The molecule has 140 valence electrons. The van der Waals surface area contributed by atoms with Crippen LogP contribution in [0.3, 0.4) is 0 Å². The maximum atomic E-state index is 12.7. The Morgan fingerprint density at radius 2 is 2.31 bits per heavy atom. The minimum Gasteiger partial charge on any atom is -0.376 e. The highest BCUT2D eigenvalue weighted by atomic mass is 35.5. The summed E-state index contributed by atoms with van der Waals surface area (Å²) in [6.07, 6.45) is 2.14. The summed E-state index contributed by atoms with van der Waals surface area (Å²) in [4.78, 5) is 19.0. The average molecular weight is 395 g/mol. The first-order valence-electron chi connectivity index (χ1n) is 8.73. The molecule has 26 heavy (non-hydrogen) atoms. The number of carbonyl (C=O) groups excluding carboxylic acids is 1. The summed E-state index contributed by atoms with van der Waals surface area (Å²) in [6, 6.07) is 7.49. The Labute approximate surface area is 162 Å². The number of carbonyl (C=O) groups is 1. The maximum Gasteiger partial charge on any atom is 0.249 e. The van der Waals surface area contributed by atoms with Crippen molar-refractivity contribution in [2.24, 2.45) is 0 Å². The second-order valence-electron chi connectivity index (χ2n) is 6.38. The molecule has 0 spiro atoms. The Hall–Kier alpha value is -1.47. The molecule has 1 aliphatic rings. The van der Waals surface area contributed by atoms with Gasteiger partial charge in [-0.15, -0.1) is 11.3 Å². The first-order chi connectivity index (χ1) is 12.6. The lowest BCUT2D eigenvalue weighted by atomic mass is 10.2. The van der Waals surface area contributed by atoms with E-state index in [0.717, 1.165) is 35.7 Å². The fraction of sp³-hybridized carbons (Fsp3) is 0.474. The van der Waals surface area contributed by atoms with Gasteiger partial charge in [-0.25, -0.2) is 4.98 Å². The number of ether oxygens (including phenoxy) is 2. The predicted molar refractivity (Wildman–Crippen MR) is 102 cm³/mol. The zero-order valence-electron chi connectivity index (χ0n) is 14.8. The molecular weight excluding hydrogens is 372 g/mol. The zero-order chi connectivity index (χ0) is 18.4. The molecule has 2 heterocycles. The smallest absolute Gasteiger partial charge is 0.249 e. The molecule has 0 bridgehead atoms. The Balaban J connectivity index is 1.57. The Morgan fingerprint density at radius 3 is 3.00 bits per heavy atom. The van der Waals surface area contributed by atoms with Gasteiger partial charge >= 0.3 is 0 Å². The highest BCUT2D eigenvalue weighted by Crippen LogP contribution is 2.18. The summed E-state index contributed by atoms with van der Waals surface area (Å²) in [5.41, 5.74) is 1.85. The minimum atomic E-state index is -0.0552. The number of benzene rings is 1. The normalized spacial score (nSPS) is 16.8. The highest BCUT2D eigenvalue weighted by molar-refractivity contribution is 7.09. The van der Waals surface area contributed by atoms with Crippen molar-refractivity contribution in [3.63, 3.8) is 0 Å². The summed E-state index contributed by atoms with van der Waals surface area (Å²) in [5.74, 6) is -0.0552. The molecule has 1 aliphatic heterocycles. The molecule has 1 aromatic heterocycles. The van der Waals surface area contributed by atoms with Crippen LogP contribution >= 0.6 is 22.9 Å². The number of nitrogens with zero attached hydrogens (tertiary/aromatic N) is 2. The van der Waals surface area contributed by atoms with Crippen molar-refractivity contribution in [3.8, 4) is 0 Å². The summed E-state index contributed by atoms with van der Waals surface area (Å²) in [6.45, 7) is 4.13. The van der Waals surface area contributed by atoms with Gasteiger partial charge in [0.05, 0.1) is 19.3 Å². The Bertz CT molecular complexity index is 731. The van der Waals surface area contributed by atoms with Gasteiger partial charge in [0, 0.05) is 29.2 Å². The number of hydrogen-bond donors (Lipinski definition) is 0. The van der Waals surface area contributed by atoms with Crippen LogP contribution in [-0.4, -0.2) is 41.7 Å². The average Bonchev–Trinajstić information content (AvgIpc) is 3.28. The van der Waals surface area contributed by atoms with Crippen LogP contribution in [0, 0.1) is 6.92 Å². The van der Waals surface area contributed by atoms with Crippen LogP contribution in [0.5, 0.6) is 0 Å². The second kappa shape index (κ2) is 9.46. The predicted octanol–water partition coefficient (Wildman–Crippen LogP) is 3.83. The third-order valence-electron chi connectivity index (χ3n) is 4.23. The molecule has 1 amide bonds. The van der Waals surface area contributed by atoms with Crippen molar-refractivity contribution >= 4 is 28.8 Å². The quantitative estimate of drug-likeness (QED) is 0.682. The van der Waals surface area contributed by atoms with Crippen LogP contribution in [0.4, 0.5) is 0 Å². The van der Waals surface area contributed by atoms with E-state index in [2.05, 4.69) is 4.98 Å². The van der Waals surface area contributed by atoms with Gasteiger partial charge in [0.15, 0.2) is 0 Å². The van der Waals surface area contributed by atoms with E-state index in [1.165, 1.54) is 0 Å².